The van der Waals surface area contributed by atoms with Crippen molar-refractivity contribution in [2.75, 3.05) is 45.7 Å². The molecule has 0 aliphatic carbocycles. The molecule has 1 aromatic heterocycles. The quantitative estimate of drug-likeness (QED) is 0.308. The topological polar surface area (TPSA) is 90.6 Å². The lowest BCUT2D eigenvalue weighted by atomic mass is 10.1. The number of hydrogen-bond donors (Lipinski definition) is 3. The molecule has 0 amide bonds. The molecule has 1 aromatic rings. The fourth-order valence-corrected chi connectivity index (χ4v) is 2.78. The highest BCUT2D eigenvalue weighted by Gasteiger charge is 2.21. The van der Waals surface area contributed by atoms with Crippen molar-refractivity contribution >= 4 is 17.7 Å². The number of thioether (sulfide) groups is 1. The van der Waals surface area contributed by atoms with Gasteiger partial charge >= 0.3 is 0 Å². The molecule has 0 saturated heterocycles. The Morgan fingerprint density at radius 3 is 2.64 bits per heavy atom. The number of guanidine groups is 1. The molecule has 3 N–H and O–H groups in total. The van der Waals surface area contributed by atoms with E-state index < -0.39 is 5.60 Å². The fourth-order valence-electron chi connectivity index (χ4n) is 2.35. The van der Waals surface area contributed by atoms with Crippen LogP contribution in [0.15, 0.2) is 4.99 Å². The minimum atomic E-state index is -0.841. The summed E-state index contributed by atoms with van der Waals surface area (Å²) in [6.45, 7) is 5.99. The van der Waals surface area contributed by atoms with Crippen molar-refractivity contribution in [2.45, 2.75) is 32.4 Å². The smallest absolute Gasteiger partial charge is 0.191 e. The van der Waals surface area contributed by atoms with E-state index in [1.807, 2.05) is 56.2 Å². The zero-order chi connectivity index (χ0) is 18.9. The van der Waals surface area contributed by atoms with Gasteiger partial charge in [-0.25, -0.2) is 4.99 Å². The summed E-state index contributed by atoms with van der Waals surface area (Å²) in [7, 11) is 5.82. The summed E-state index contributed by atoms with van der Waals surface area (Å²) in [6, 6.07) is 0. The Balaban J connectivity index is 2.67. The normalized spacial score (nSPS) is 14.6. The zero-order valence-electron chi connectivity index (χ0n) is 16.3. The monoisotopic (exact) mass is 371 g/mol. The second-order valence-electron chi connectivity index (χ2n) is 6.75. The van der Waals surface area contributed by atoms with Gasteiger partial charge in [-0.05, 0) is 46.4 Å². The predicted molar refractivity (Wildman–Crippen MR) is 105 cm³/mol. The summed E-state index contributed by atoms with van der Waals surface area (Å²) in [4.78, 5) is 6.55. The SMILES string of the molecule is CSCCCNC(=NCc1nnc(C)n1C)NCC(C)(O)CN(C)C. The van der Waals surface area contributed by atoms with Crippen molar-refractivity contribution in [3.05, 3.63) is 11.6 Å². The van der Waals surface area contributed by atoms with Crippen molar-refractivity contribution < 1.29 is 5.11 Å². The first-order valence-corrected chi connectivity index (χ1v) is 9.87. The fraction of sp³-hybridized carbons (Fsp3) is 0.812. The van der Waals surface area contributed by atoms with Crippen LogP contribution in [0.1, 0.15) is 25.0 Å². The van der Waals surface area contributed by atoms with Gasteiger partial charge in [0.1, 0.15) is 12.4 Å². The van der Waals surface area contributed by atoms with Gasteiger partial charge in [0.15, 0.2) is 11.8 Å². The van der Waals surface area contributed by atoms with Crippen molar-refractivity contribution in [2.24, 2.45) is 12.0 Å². The molecule has 1 unspecified atom stereocenters. The standard InChI is InChI=1S/C16H33N7OS/c1-13-20-21-14(23(13)5)10-18-15(17-8-7-9-25-6)19-11-16(2,24)12-22(3)4/h24H,7-12H2,1-6H3,(H2,17,18,19). The van der Waals surface area contributed by atoms with Crippen LogP contribution in [-0.4, -0.2) is 82.1 Å². The number of rotatable bonds is 10. The van der Waals surface area contributed by atoms with Crippen LogP contribution >= 0.6 is 11.8 Å². The van der Waals surface area contributed by atoms with Crippen molar-refractivity contribution in [3.63, 3.8) is 0 Å². The Kier molecular flexibility index (Phi) is 9.23. The largest absolute Gasteiger partial charge is 0.387 e. The van der Waals surface area contributed by atoms with E-state index in [4.69, 9.17) is 0 Å². The van der Waals surface area contributed by atoms with E-state index in [1.54, 1.807) is 0 Å². The second kappa shape index (κ2) is 10.6. The van der Waals surface area contributed by atoms with Gasteiger partial charge < -0.3 is 25.2 Å². The highest BCUT2D eigenvalue weighted by molar-refractivity contribution is 7.98. The third-order valence-electron chi connectivity index (χ3n) is 3.67. The minimum Gasteiger partial charge on any atom is -0.387 e. The average molecular weight is 372 g/mol. The number of aliphatic imine (C=N–C) groups is 1. The van der Waals surface area contributed by atoms with Crippen LogP contribution in [0.2, 0.25) is 0 Å². The molecule has 0 aromatic carbocycles. The van der Waals surface area contributed by atoms with Crippen molar-refractivity contribution in [3.8, 4) is 0 Å². The van der Waals surface area contributed by atoms with E-state index in [2.05, 4.69) is 32.1 Å². The lowest BCUT2D eigenvalue weighted by molar-refractivity contribution is 0.0377. The Morgan fingerprint density at radius 2 is 2.08 bits per heavy atom. The molecular weight excluding hydrogens is 338 g/mol. The third kappa shape index (κ3) is 8.55. The van der Waals surface area contributed by atoms with E-state index in [0.29, 0.717) is 25.6 Å². The third-order valence-corrected chi connectivity index (χ3v) is 4.37. The van der Waals surface area contributed by atoms with Gasteiger partial charge in [-0.2, -0.15) is 11.8 Å². The van der Waals surface area contributed by atoms with E-state index >= 15 is 0 Å². The Hall–Kier alpha value is -1.32. The molecule has 1 heterocycles. The van der Waals surface area contributed by atoms with Gasteiger partial charge in [-0.15, -0.1) is 10.2 Å². The Morgan fingerprint density at radius 1 is 1.36 bits per heavy atom. The Bertz CT molecular complexity index is 543. The molecule has 0 bridgehead atoms. The van der Waals surface area contributed by atoms with Crippen molar-refractivity contribution in [1.82, 2.24) is 30.3 Å². The number of likely N-dealkylation sites (N-methyl/N-ethyl adjacent to an activating group) is 1. The van der Waals surface area contributed by atoms with Gasteiger partial charge in [-0.3, -0.25) is 0 Å². The summed E-state index contributed by atoms with van der Waals surface area (Å²) in [5.74, 6) is 3.45. The van der Waals surface area contributed by atoms with E-state index in [1.165, 1.54) is 0 Å². The van der Waals surface area contributed by atoms with E-state index in [9.17, 15) is 5.11 Å². The summed E-state index contributed by atoms with van der Waals surface area (Å²) < 4.78 is 1.93. The highest BCUT2D eigenvalue weighted by atomic mass is 32.2. The maximum atomic E-state index is 10.5. The van der Waals surface area contributed by atoms with Crippen LogP contribution < -0.4 is 10.6 Å². The molecule has 144 valence electrons. The molecule has 0 radical (unpaired) electrons. The molecule has 0 aliphatic heterocycles. The minimum absolute atomic E-state index is 0.414. The van der Waals surface area contributed by atoms with Gasteiger partial charge in [0.05, 0.1) is 5.60 Å². The summed E-state index contributed by atoms with van der Waals surface area (Å²) in [5, 5.41) is 25.2. The van der Waals surface area contributed by atoms with Crippen LogP contribution in [0, 0.1) is 6.92 Å². The molecule has 0 saturated carbocycles. The first-order valence-electron chi connectivity index (χ1n) is 8.48. The molecule has 0 spiro atoms. The Labute approximate surface area is 155 Å². The summed E-state index contributed by atoms with van der Waals surface area (Å²) in [5.41, 5.74) is -0.841. The molecule has 9 heteroatoms. The molecule has 0 fully saturated rings. The maximum Gasteiger partial charge on any atom is 0.191 e. The molecule has 1 atom stereocenters. The van der Waals surface area contributed by atoms with Crippen molar-refractivity contribution in [1.29, 1.82) is 0 Å². The first-order chi connectivity index (χ1) is 11.7. The van der Waals surface area contributed by atoms with Gasteiger partial charge in [0.25, 0.3) is 0 Å². The lowest BCUT2D eigenvalue weighted by Crippen LogP contribution is -2.50. The van der Waals surface area contributed by atoms with Crippen LogP contribution in [0.25, 0.3) is 0 Å². The molecule has 8 nitrogen and oxygen atoms in total. The molecule has 0 aliphatic rings. The molecular formula is C16H33N7OS. The van der Waals surface area contributed by atoms with Gasteiger partial charge in [0.2, 0.25) is 0 Å². The number of nitrogens with zero attached hydrogens (tertiary/aromatic N) is 5. The first kappa shape index (κ1) is 21.7. The van der Waals surface area contributed by atoms with Crippen LogP contribution in [0.5, 0.6) is 0 Å². The van der Waals surface area contributed by atoms with Crippen LogP contribution in [0.3, 0.4) is 0 Å². The summed E-state index contributed by atoms with van der Waals surface area (Å²) in [6.07, 6.45) is 3.15. The van der Waals surface area contributed by atoms with Crippen LogP contribution in [-0.2, 0) is 13.6 Å². The number of hydrogen-bond acceptors (Lipinski definition) is 6. The average Bonchev–Trinajstić information content (AvgIpc) is 2.84. The summed E-state index contributed by atoms with van der Waals surface area (Å²) >= 11 is 1.83. The lowest BCUT2D eigenvalue weighted by Gasteiger charge is -2.28. The van der Waals surface area contributed by atoms with Gasteiger partial charge in [0, 0.05) is 26.7 Å². The molecule has 25 heavy (non-hydrogen) atoms. The molecule has 1 rings (SSSR count). The number of aliphatic hydroxyl groups is 1. The number of aromatic nitrogens is 3. The van der Waals surface area contributed by atoms with E-state index in [0.717, 1.165) is 30.4 Å². The van der Waals surface area contributed by atoms with Crippen LogP contribution in [0.4, 0.5) is 0 Å². The predicted octanol–water partition coefficient (Wildman–Crippen LogP) is 0.224. The second-order valence-corrected chi connectivity index (χ2v) is 7.73. The number of nitrogens with one attached hydrogen (secondary N) is 2. The zero-order valence-corrected chi connectivity index (χ0v) is 17.2. The van der Waals surface area contributed by atoms with Gasteiger partial charge in [-0.1, -0.05) is 0 Å². The highest BCUT2D eigenvalue weighted by Crippen LogP contribution is 2.03. The maximum absolute atomic E-state index is 10.5. The number of aryl methyl sites for hydroxylation is 1. The van der Waals surface area contributed by atoms with E-state index in [-0.39, 0.29) is 0 Å².